The van der Waals surface area contributed by atoms with Crippen LogP contribution >= 0.6 is 0 Å². The Balaban J connectivity index is 1.60. The van der Waals surface area contributed by atoms with Gasteiger partial charge in [0.1, 0.15) is 5.69 Å². The summed E-state index contributed by atoms with van der Waals surface area (Å²) in [7, 11) is 1.51. The number of nitrogens with one attached hydrogen (secondary N) is 1. The summed E-state index contributed by atoms with van der Waals surface area (Å²) < 4.78 is 6.88. The first-order valence-electron chi connectivity index (χ1n) is 7.14. The maximum absolute atomic E-state index is 12.1. The van der Waals surface area contributed by atoms with Crippen LogP contribution in [0, 0.1) is 0 Å². The van der Waals surface area contributed by atoms with Crippen molar-refractivity contribution < 1.29 is 9.53 Å². The Hall–Kier alpha value is -2.47. The minimum absolute atomic E-state index is 0.0496. The number of rotatable bonds is 3. The normalized spacial score (nSPS) is 16.9. The lowest BCUT2D eigenvalue weighted by molar-refractivity contribution is 0.0284. The van der Waals surface area contributed by atoms with Crippen LogP contribution in [-0.4, -0.2) is 28.3 Å². The summed E-state index contributed by atoms with van der Waals surface area (Å²) in [6.45, 7) is 0.979. The number of ether oxygens (including phenoxy) is 1. The molecule has 1 aromatic heterocycles. The zero-order chi connectivity index (χ0) is 15.5. The summed E-state index contributed by atoms with van der Waals surface area (Å²) in [6, 6.07) is 10.9. The molecule has 1 atom stereocenters. The Kier molecular flexibility index (Phi) is 4.02. The molecule has 6 heteroatoms. The lowest BCUT2D eigenvalue weighted by atomic mass is 9.99. The number of aromatic nitrogens is 2. The van der Waals surface area contributed by atoms with Crippen molar-refractivity contribution in [3.05, 3.63) is 63.6 Å². The second-order valence-corrected chi connectivity index (χ2v) is 5.30. The minimum Gasteiger partial charge on any atom is -0.371 e. The molecule has 1 aliphatic heterocycles. The molecule has 2 heterocycles. The molecule has 1 N–H and O–H groups in total. The van der Waals surface area contributed by atoms with Crippen LogP contribution in [-0.2, 0) is 24.8 Å². The number of carbonyl (C=O) groups is 1. The molecule has 0 aliphatic carbocycles. The Morgan fingerprint density at radius 2 is 2.09 bits per heavy atom. The predicted molar refractivity (Wildman–Crippen MR) is 80.5 cm³/mol. The van der Waals surface area contributed by atoms with E-state index in [1.165, 1.54) is 30.3 Å². The summed E-state index contributed by atoms with van der Waals surface area (Å²) in [4.78, 5) is 23.3. The smallest absolute Gasteiger partial charge is 0.271 e. The van der Waals surface area contributed by atoms with Gasteiger partial charge in [-0.1, -0.05) is 24.3 Å². The van der Waals surface area contributed by atoms with Crippen LogP contribution in [0.4, 0.5) is 0 Å². The summed E-state index contributed by atoms with van der Waals surface area (Å²) in [5, 5.41) is 6.73. The van der Waals surface area contributed by atoms with Crippen molar-refractivity contribution >= 4 is 5.91 Å². The molecule has 1 amide bonds. The number of hydrogen-bond acceptors (Lipinski definition) is 4. The van der Waals surface area contributed by atoms with Crippen LogP contribution in [0.15, 0.2) is 41.2 Å². The SMILES string of the molecule is Cn1nc(C(=O)NC[C@@H]2Cc3ccccc3CO2)ccc1=O. The van der Waals surface area contributed by atoms with Gasteiger partial charge in [-0.25, -0.2) is 4.68 Å². The number of fused-ring (bicyclic) bond motifs is 1. The quantitative estimate of drug-likeness (QED) is 0.903. The third-order valence-corrected chi connectivity index (χ3v) is 3.72. The first-order chi connectivity index (χ1) is 10.6. The number of amides is 1. The lowest BCUT2D eigenvalue weighted by Crippen LogP contribution is -2.37. The molecule has 0 bridgehead atoms. The number of benzene rings is 1. The van der Waals surface area contributed by atoms with E-state index in [-0.39, 0.29) is 23.3 Å². The molecule has 1 aromatic carbocycles. The molecule has 22 heavy (non-hydrogen) atoms. The Morgan fingerprint density at radius 1 is 1.32 bits per heavy atom. The van der Waals surface area contributed by atoms with E-state index in [2.05, 4.69) is 22.5 Å². The molecule has 2 aromatic rings. The first-order valence-corrected chi connectivity index (χ1v) is 7.14. The van der Waals surface area contributed by atoms with E-state index in [0.29, 0.717) is 13.2 Å². The molecular formula is C16H17N3O3. The Morgan fingerprint density at radius 3 is 2.86 bits per heavy atom. The molecule has 0 saturated heterocycles. The zero-order valence-electron chi connectivity index (χ0n) is 12.3. The molecule has 0 radical (unpaired) electrons. The second kappa shape index (κ2) is 6.11. The van der Waals surface area contributed by atoms with Crippen LogP contribution < -0.4 is 10.9 Å². The van der Waals surface area contributed by atoms with Crippen LogP contribution in [0.5, 0.6) is 0 Å². The van der Waals surface area contributed by atoms with Gasteiger partial charge >= 0.3 is 0 Å². The number of carbonyl (C=O) groups excluding carboxylic acids is 1. The zero-order valence-corrected chi connectivity index (χ0v) is 12.3. The molecule has 3 rings (SSSR count). The molecule has 0 spiro atoms. The van der Waals surface area contributed by atoms with E-state index >= 15 is 0 Å². The first kappa shape index (κ1) is 14.5. The predicted octanol–water partition coefficient (Wildman–Crippen LogP) is 0.652. The average Bonchev–Trinajstić information content (AvgIpc) is 2.55. The van der Waals surface area contributed by atoms with E-state index in [0.717, 1.165) is 11.1 Å². The van der Waals surface area contributed by atoms with Gasteiger partial charge in [0.15, 0.2) is 0 Å². The highest BCUT2D eigenvalue weighted by Crippen LogP contribution is 2.19. The van der Waals surface area contributed by atoms with Crippen molar-refractivity contribution in [2.24, 2.45) is 7.05 Å². The van der Waals surface area contributed by atoms with Gasteiger partial charge in [-0.05, 0) is 17.2 Å². The van der Waals surface area contributed by atoms with Crippen LogP contribution in [0.25, 0.3) is 0 Å². The van der Waals surface area contributed by atoms with Gasteiger partial charge in [0.05, 0.1) is 12.7 Å². The lowest BCUT2D eigenvalue weighted by Gasteiger charge is -2.25. The van der Waals surface area contributed by atoms with E-state index < -0.39 is 0 Å². The van der Waals surface area contributed by atoms with Crippen molar-refractivity contribution in [3.63, 3.8) is 0 Å². The highest BCUT2D eigenvalue weighted by molar-refractivity contribution is 5.91. The average molecular weight is 299 g/mol. The van der Waals surface area contributed by atoms with Gasteiger partial charge < -0.3 is 10.1 Å². The van der Waals surface area contributed by atoms with E-state index in [4.69, 9.17) is 4.74 Å². The number of nitrogens with zero attached hydrogens (tertiary/aromatic N) is 2. The summed E-state index contributed by atoms with van der Waals surface area (Å²) in [6.07, 6.45) is 0.725. The van der Waals surface area contributed by atoms with Crippen LogP contribution in [0.2, 0.25) is 0 Å². The van der Waals surface area contributed by atoms with E-state index in [9.17, 15) is 9.59 Å². The Bertz CT molecular complexity index is 754. The van der Waals surface area contributed by atoms with Gasteiger partial charge in [-0.2, -0.15) is 5.10 Å². The maximum Gasteiger partial charge on any atom is 0.271 e. The van der Waals surface area contributed by atoms with Crippen LogP contribution in [0.3, 0.4) is 0 Å². The topological polar surface area (TPSA) is 73.2 Å². The summed E-state index contributed by atoms with van der Waals surface area (Å²) in [5.74, 6) is -0.307. The fourth-order valence-corrected chi connectivity index (χ4v) is 2.46. The number of aryl methyl sites for hydroxylation is 1. The van der Waals surface area contributed by atoms with Gasteiger partial charge in [0.2, 0.25) is 0 Å². The van der Waals surface area contributed by atoms with Crippen molar-refractivity contribution in [3.8, 4) is 0 Å². The van der Waals surface area contributed by atoms with Crippen molar-refractivity contribution in [1.29, 1.82) is 0 Å². The highest BCUT2D eigenvalue weighted by atomic mass is 16.5. The largest absolute Gasteiger partial charge is 0.371 e. The molecule has 114 valence electrons. The molecule has 6 nitrogen and oxygen atoms in total. The van der Waals surface area contributed by atoms with Gasteiger partial charge in [-0.15, -0.1) is 0 Å². The standard InChI is InChI=1S/C16H17N3O3/c1-19-15(20)7-6-14(18-19)16(21)17-9-13-8-11-4-2-3-5-12(11)10-22-13/h2-7,13H,8-10H2,1H3,(H,17,21)/t13-/m0/s1. The third kappa shape index (κ3) is 3.07. The maximum atomic E-state index is 12.1. The minimum atomic E-state index is -0.307. The van der Waals surface area contributed by atoms with E-state index in [1.54, 1.807) is 0 Å². The molecule has 0 fully saturated rings. The summed E-state index contributed by atoms with van der Waals surface area (Å²) >= 11 is 0. The van der Waals surface area contributed by atoms with Gasteiger partial charge in [0, 0.05) is 26.1 Å². The van der Waals surface area contributed by atoms with Crippen molar-refractivity contribution in [2.75, 3.05) is 6.54 Å². The molecule has 0 unspecified atom stereocenters. The third-order valence-electron chi connectivity index (χ3n) is 3.72. The van der Waals surface area contributed by atoms with Crippen molar-refractivity contribution in [2.45, 2.75) is 19.1 Å². The fraction of sp³-hybridized carbons (Fsp3) is 0.312. The Labute approximate surface area is 127 Å². The van der Waals surface area contributed by atoms with E-state index in [1.807, 2.05) is 12.1 Å². The molecule has 0 saturated carbocycles. The number of hydrogen-bond donors (Lipinski definition) is 1. The molecular weight excluding hydrogens is 282 g/mol. The second-order valence-electron chi connectivity index (χ2n) is 5.30. The fourth-order valence-electron chi connectivity index (χ4n) is 2.46. The highest BCUT2D eigenvalue weighted by Gasteiger charge is 2.19. The van der Waals surface area contributed by atoms with Crippen LogP contribution in [0.1, 0.15) is 21.6 Å². The van der Waals surface area contributed by atoms with Crippen molar-refractivity contribution in [1.82, 2.24) is 15.1 Å². The van der Waals surface area contributed by atoms with Gasteiger partial charge in [-0.3, -0.25) is 9.59 Å². The monoisotopic (exact) mass is 299 g/mol. The van der Waals surface area contributed by atoms with Gasteiger partial charge in [0.25, 0.3) is 11.5 Å². The summed E-state index contributed by atoms with van der Waals surface area (Å²) in [5.41, 5.74) is 2.43. The molecule has 1 aliphatic rings.